The van der Waals surface area contributed by atoms with Gasteiger partial charge < -0.3 is 4.74 Å². The predicted octanol–water partition coefficient (Wildman–Crippen LogP) is 1.93. The molecule has 0 bridgehead atoms. The molecular weight excluding hydrogens is 152 g/mol. The molecule has 62 valence electrons. The summed E-state index contributed by atoms with van der Waals surface area (Å²) in [5.41, 5.74) is 2.73. The van der Waals surface area contributed by atoms with Gasteiger partial charge in [-0.25, -0.2) is 4.79 Å². The van der Waals surface area contributed by atoms with Crippen molar-refractivity contribution in [2.45, 2.75) is 13.8 Å². The Labute approximate surface area is 72.2 Å². The highest BCUT2D eigenvalue weighted by molar-refractivity contribution is 5.53. The van der Waals surface area contributed by atoms with Crippen LogP contribution in [0.25, 0.3) is 0 Å². The van der Waals surface area contributed by atoms with Gasteiger partial charge in [-0.3, -0.25) is 0 Å². The highest BCUT2D eigenvalue weighted by Crippen LogP contribution is 2.23. The van der Waals surface area contributed by atoms with Crippen molar-refractivity contribution in [2.75, 3.05) is 0 Å². The number of hydrogen-bond donors (Lipinski definition) is 0. The maximum Gasteiger partial charge on any atom is 0.423 e. The summed E-state index contributed by atoms with van der Waals surface area (Å²) < 4.78 is 4.65. The molecule has 0 saturated heterocycles. The van der Waals surface area contributed by atoms with Crippen LogP contribution in [0.5, 0.6) is 5.75 Å². The quantitative estimate of drug-likeness (QED) is 0.664. The third kappa shape index (κ3) is 1.64. The number of hydrogen-bond acceptors (Lipinski definition) is 2. The minimum atomic E-state index is 0.510. The SMILES string of the molecule is [CH2]c1cc(C)cc(C)c1O[C]=O. The van der Waals surface area contributed by atoms with Gasteiger partial charge in [0.25, 0.3) is 0 Å². The Morgan fingerprint density at radius 1 is 1.42 bits per heavy atom. The lowest BCUT2D eigenvalue weighted by molar-refractivity contribution is 0.440. The van der Waals surface area contributed by atoms with E-state index < -0.39 is 0 Å². The number of rotatable bonds is 2. The van der Waals surface area contributed by atoms with Crippen molar-refractivity contribution in [3.05, 3.63) is 35.7 Å². The van der Waals surface area contributed by atoms with Gasteiger partial charge in [-0.1, -0.05) is 17.7 Å². The third-order valence-corrected chi connectivity index (χ3v) is 1.64. The molecule has 0 heterocycles. The van der Waals surface area contributed by atoms with Crippen molar-refractivity contribution in [3.8, 4) is 5.75 Å². The highest BCUT2D eigenvalue weighted by atomic mass is 16.5. The third-order valence-electron chi connectivity index (χ3n) is 1.64. The van der Waals surface area contributed by atoms with E-state index in [0.29, 0.717) is 5.75 Å². The smallest absolute Gasteiger partial charge is 0.418 e. The van der Waals surface area contributed by atoms with Crippen LogP contribution in [-0.2, 0) is 4.79 Å². The van der Waals surface area contributed by atoms with Gasteiger partial charge in [0.2, 0.25) is 0 Å². The molecule has 0 atom stereocenters. The molecule has 0 saturated carbocycles. The van der Waals surface area contributed by atoms with Crippen molar-refractivity contribution >= 4 is 6.47 Å². The van der Waals surface area contributed by atoms with E-state index in [4.69, 9.17) is 0 Å². The summed E-state index contributed by atoms with van der Waals surface area (Å²) in [6, 6.07) is 3.79. The molecule has 1 rings (SSSR count). The average Bonchev–Trinajstić information content (AvgIpc) is 1.96. The maximum atomic E-state index is 9.99. The molecule has 0 aromatic heterocycles. The lowest BCUT2D eigenvalue weighted by Gasteiger charge is -2.06. The van der Waals surface area contributed by atoms with E-state index in [0.717, 1.165) is 16.7 Å². The number of carbonyl (C=O) groups excluding carboxylic acids is 1. The van der Waals surface area contributed by atoms with Crippen LogP contribution in [0, 0.1) is 20.8 Å². The second-order valence-corrected chi connectivity index (χ2v) is 2.76. The van der Waals surface area contributed by atoms with E-state index in [1.54, 1.807) is 0 Å². The lowest BCUT2D eigenvalue weighted by Crippen LogP contribution is -1.95. The van der Waals surface area contributed by atoms with Gasteiger partial charge in [-0.15, -0.1) is 0 Å². The number of benzene rings is 1. The molecule has 0 fully saturated rings. The van der Waals surface area contributed by atoms with Crippen molar-refractivity contribution in [1.29, 1.82) is 0 Å². The summed E-state index contributed by atoms with van der Waals surface area (Å²) >= 11 is 0. The average molecular weight is 162 g/mol. The molecule has 0 spiro atoms. The van der Waals surface area contributed by atoms with Crippen LogP contribution in [-0.4, -0.2) is 6.47 Å². The summed E-state index contributed by atoms with van der Waals surface area (Å²) in [7, 11) is 0. The largest absolute Gasteiger partial charge is 0.423 e. The predicted molar refractivity (Wildman–Crippen MR) is 46.7 cm³/mol. The van der Waals surface area contributed by atoms with Crippen LogP contribution in [0.15, 0.2) is 12.1 Å². The van der Waals surface area contributed by atoms with Gasteiger partial charge in [0.15, 0.2) is 0 Å². The van der Waals surface area contributed by atoms with Gasteiger partial charge in [-0.2, -0.15) is 0 Å². The maximum absolute atomic E-state index is 9.99. The van der Waals surface area contributed by atoms with Crippen LogP contribution in [0.3, 0.4) is 0 Å². The van der Waals surface area contributed by atoms with Crippen molar-refractivity contribution in [2.24, 2.45) is 0 Å². The zero-order chi connectivity index (χ0) is 9.14. The van der Waals surface area contributed by atoms with Gasteiger partial charge in [-0.05, 0) is 31.9 Å². The number of ether oxygens (including phenoxy) is 1. The highest BCUT2D eigenvalue weighted by Gasteiger charge is 2.04. The van der Waals surface area contributed by atoms with E-state index in [1.807, 2.05) is 26.0 Å². The molecule has 0 aliphatic rings. The molecule has 0 N–H and O–H groups in total. The fraction of sp³-hybridized carbons (Fsp3) is 0.200. The van der Waals surface area contributed by atoms with Gasteiger partial charge >= 0.3 is 6.47 Å². The molecule has 0 amide bonds. The zero-order valence-electron chi connectivity index (χ0n) is 7.18. The van der Waals surface area contributed by atoms with Gasteiger partial charge in [0.1, 0.15) is 5.75 Å². The van der Waals surface area contributed by atoms with Crippen molar-refractivity contribution in [1.82, 2.24) is 0 Å². The minimum Gasteiger partial charge on any atom is -0.418 e. The van der Waals surface area contributed by atoms with Crippen molar-refractivity contribution < 1.29 is 9.53 Å². The second kappa shape index (κ2) is 3.39. The Morgan fingerprint density at radius 3 is 2.58 bits per heavy atom. The van der Waals surface area contributed by atoms with Crippen LogP contribution < -0.4 is 4.74 Å². The first-order chi connectivity index (χ1) is 5.65. The normalized spacial score (nSPS) is 9.58. The lowest BCUT2D eigenvalue weighted by atomic mass is 10.1. The minimum absolute atomic E-state index is 0.510. The monoisotopic (exact) mass is 162 g/mol. The molecule has 0 aliphatic carbocycles. The van der Waals surface area contributed by atoms with E-state index in [1.165, 1.54) is 6.47 Å². The number of aryl methyl sites for hydroxylation is 2. The summed E-state index contributed by atoms with van der Waals surface area (Å²) in [6.07, 6.45) is 0. The molecule has 1 aromatic rings. The summed E-state index contributed by atoms with van der Waals surface area (Å²) in [5, 5.41) is 0. The molecule has 12 heavy (non-hydrogen) atoms. The molecule has 0 unspecified atom stereocenters. The van der Waals surface area contributed by atoms with E-state index in [2.05, 4.69) is 11.7 Å². The summed E-state index contributed by atoms with van der Waals surface area (Å²) in [4.78, 5) is 9.99. The Kier molecular flexibility index (Phi) is 2.48. The first-order valence-electron chi connectivity index (χ1n) is 3.62. The Bertz CT molecular complexity index is 280. The zero-order valence-corrected chi connectivity index (χ0v) is 7.18. The van der Waals surface area contributed by atoms with Crippen molar-refractivity contribution in [3.63, 3.8) is 0 Å². The molecule has 2 heteroatoms. The first kappa shape index (κ1) is 8.78. The van der Waals surface area contributed by atoms with E-state index in [9.17, 15) is 4.79 Å². The molecule has 0 aliphatic heterocycles. The molecular formula is C10H10O2. The van der Waals surface area contributed by atoms with E-state index >= 15 is 0 Å². The van der Waals surface area contributed by atoms with Crippen LogP contribution >= 0.6 is 0 Å². The Balaban J connectivity index is 3.18. The Morgan fingerprint density at radius 2 is 2.08 bits per heavy atom. The second-order valence-electron chi connectivity index (χ2n) is 2.76. The molecule has 2 radical (unpaired) electrons. The fourth-order valence-corrected chi connectivity index (χ4v) is 1.23. The Hall–Kier alpha value is -1.31. The van der Waals surface area contributed by atoms with Crippen LogP contribution in [0.1, 0.15) is 16.7 Å². The topological polar surface area (TPSA) is 26.3 Å². The van der Waals surface area contributed by atoms with Gasteiger partial charge in [0.05, 0.1) is 0 Å². The first-order valence-corrected chi connectivity index (χ1v) is 3.62. The van der Waals surface area contributed by atoms with E-state index in [-0.39, 0.29) is 0 Å². The standard InChI is InChI=1S/C10H10O2/c1-7-4-8(2)10(12-6-11)9(3)5-7/h4-5H,2H2,1,3H3. The molecule has 1 aromatic carbocycles. The molecule has 2 nitrogen and oxygen atoms in total. The van der Waals surface area contributed by atoms with Gasteiger partial charge in [0, 0.05) is 0 Å². The fourth-order valence-electron chi connectivity index (χ4n) is 1.23. The van der Waals surface area contributed by atoms with Crippen LogP contribution in [0.4, 0.5) is 0 Å². The summed E-state index contributed by atoms with van der Waals surface area (Å²) in [6.45, 7) is 8.99. The summed E-state index contributed by atoms with van der Waals surface area (Å²) in [5.74, 6) is 0.510. The van der Waals surface area contributed by atoms with Crippen LogP contribution in [0.2, 0.25) is 0 Å².